The molecule has 2 rings (SSSR count). The lowest BCUT2D eigenvalue weighted by Gasteiger charge is -2.32. The molecule has 0 unspecified atom stereocenters. The molecule has 0 atom stereocenters. The van der Waals surface area contributed by atoms with Crippen molar-refractivity contribution in [3.8, 4) is 0 Å². The van der Waals surface area contributed by atoms with Gasteiger partial charge in [-0.2, -0.15) is 0 Å². The number of likely N-dealkylation sites (tertiary alicyclic amines) is 1. The maximum absolute atomic E-state index is 4.22. The second-order valence-electron chi connectivity index (χ2n) is 5.34. The molecule has 4 nitrogen and oxygen atoms in total. The van der Waals surface area contributed by atoms with Crippen LogP contribution in [0.4, 0.5) is 0 Å². The Morgan fingerprint density at radius 3 is 2.83 bits per heavy atom. The first-order valence-corrected chi connectivity index (χ1v) is 7.24. The Kier molecular flexibility index (Phi) is 5.20. The van der Waals surface area contributed by atoms with E-state index in [9.17, 15) is 0 Å². The van der Waals surface area contributed by atoms with Crippen LogP contribution >= 0.6 is 0 Å². The molecule has 0 amide bonds. The highest BCUT2D eigenvalue weighted by Crippen LogP contribution is 2.11. The van der Waals surface area contributed by atoms with Crippen LogP contribution in [0.25, 0.3) is 0 Å². The van der Waals surface area contributed by atoms with Gasteiger partial charge in [-0.15, -0.1) is 0 Å². The average molecular weight is 250 g/mol. The molecule has 1 aliphatic rings. The van der Waals surface area contributed by atoms with Crippen molar-refractivity contribution in [1.82, 2.24) is 20.2 Å². The quantitative estimate of drug-likeness (QED) is 0.812. The predicted octanol–water partition coefficient (Wildman–Crippen LogP) is 2.07. The molecule has 0 aliphatic carbocycles. The largest absolute Gasteiger partial charge is 0.345 e. The zero-order chi connectivity index (χ0) is 12.8. The Balaban J connectivity index is 1.64. The van der Waals surface area contributed by atoms with Crippen molar-refractivity contribution in [3.05, 3.63) is 17.7 Å². The Labute approximate surface area is 110 Å². The van der Waals surface area contributed by atoms with E-state index in [2.05, 4.69) is 27.1 Å². The molecule has 1 fully saturated rings. The SMILES string of the molecule is CCCCN1CCC(NCc2cnc(C)[nH]2)CC1. The summed E-state index contributed by atoms with van der Waals surface area (Å²) >= 11 is 0. The van der Waals surface area contributed by atoms with E-state index in [1.54, 1.807) is 0 Å². The van der Waals surface area contributed by atoms with Crippen LogP contribution in [-0.4, -0.2) is 40.5 Å². The van der Waals surface area contributed by atoms with Gasteiger partial charge in [0.2, 0.25) is 0 Å². The van der Waals surface area contributed by atoms with Crippen molar-refractivity contribution in [2.45, 2.75) is 52.1 Å². The van der Waals surface area contributed by atoms with Crippen LogP contribution in [0.1, 0.15) is 44.1 Å². The molecule has 0 radical (unpaired) electrons. The minimum absolute atomic E-state index is 0.673. The predicted molar refractivity (Wildman–Crippen MR) is 74.5 cm³/mol. The molecule has 2 heterocycles. The molecule has 18 heavy (non-hydrogen) atoms. The minimum Gasteiger partial charge on any atom is -0.345 e. The number of rotatable bonds is 6. The Morgan fingerprint density at radius 1 is 1.44 bits per heavy atom. The van der Waals surface area contributed by atoms with Crippen molar-refractivity contribution in [2.24, 2.45) is 0 Å². The molecule has 1 aliphatic heterocycles. The lowest BCUT2D eigenvalue weighted by Crippen LogP contribution is -2.42. The molecule has 0 saturated carbocycles. The maximum atomic E-state index is 4.22. The first kappa shape index (κ1) is 13.6. The fraction of sp³-hybridized carbons (Fsp3) is 0.786. The summed E-state index contributed by atoms with van der Waals surface area (Å²) in [5.74, 6) is 1.00. The average Bonchev–Trinajstić information content (AvgIpc) is 2.81. The summed E-state index contributed by atoms with van der Waals surface area (Å²) in [6, 6.07) is 0.673. The second-order valence-corrected chi connectivity index (χ2v) is 5.34. The first-order valence-electron chi connectivity index (χ1n) is 7.24. The molecule has 2 N–H and O–H groups in total. The number of H-pyrrole nitrogens is 1. The summed E-state index contributed by atoms with van der Waals surface area (Å²) in [6.45, 7) is 8.96. The molecular weight excluding hydrogens is 224 g/mol. The lowest BCUT2D eigenvalue weighted by molar-refractivity contribution is 0.195. The van der Waals surface area contributed by atoms with Gasteiger partial charge in [-0.05, 0) is 45.8 Å². The van der Waals surface area contributed by atoms with Crippen molar-refractivity contribution in [3.63, 3.8) is 0 Å². The third-order valence-corrected chi connectivity index (χ3v) is 3.75. The van der Waals surface area contributed by atoms with Crippen molar-refractivity contribution < 1.29 is 0 Å². The molecule has 1 aromatic rings. The topological polar surface area (TPSA) is 44.0 Å². The van der Waals surface area contributed by atoms with Gasteiger partial charge in [0, 0.05) is 24.5 Å². The fourth-order valence-electron chi connectivity index (χ4n) is 2.56. The number of imidazole rings is 1. The number of unbranched alkanes of at least 4 members (excludes halogenated alkanes) is 1. The van der Waals surface area contributed by atoms with Gasteiger partial charge < -0.3 is 15.2 Å². The highest BCUT2D eigenvalue weighted by Gasteiger charge is 2.18. The van der Waals surface area contributed by atoms with Gasteiger partial charge in [0.15, 0.2) is 0 Å². The summed E-state index contributed by atoms with van der Waals surface area (Å²) in [5.41, 5.74) is 1.20. The van der Waals surface area contributed by atoms with E-state index in [4.69, 9.17) is 0 Å². The number of aryl methyl sites for hydroxylation is 1. The smallest absolute Gasteiger partial charge is 0.103 e. The van der Waals surface area contributed by atoms with E-state index in [1.807, 2.05) is 13.1 Å². The summed E-state index contributed by atoms with van der Waals surface area (Å²) in [6.07, 6.45) is 7.12. The fourth-order valence-corrected chi connectivity index (χ4v) is 2.56. The van der Waals surface area contributed by atoms with Gasteiger partial charge >= 0.3 is 0 Å². The van der Waals surface area contributed by atoms with Crippen LogP contribution < -0.4 is 5.32 Å². The van der Waals surface area contributed by atoms with Crippen molar-refractivity contribution in [2.75, 3.05) is 19.6 Å². The number of hydrogen-bond donors (Lipinski definition) is 2. The molecule has 0 aromatic carbocycles. The third-order valence-electron chi connectivity index (χ3n) is 3.75. The zero-order valence-electron chi connectivity index (χ0n) is 11.7. The number of aromatic amines is 1. The van der Waals surface area contributed by atoms with Crippen molar-refractivity contribution in [1.29, 1.82) is 0 Å². The van der Waals surface area contributed by atoms with Crippen LogP contribution in [0.3, 0.4) is 0 Å². The van der Waals surface area contributed by atoms with Gasteiger partial charge in [0.1, 0.15) is 5.82 Å². The Morgan fingerprint density at radius 2 is 2.22 bits per heavy atom. The van der Waals surface area contributed by atoms with Gasteiger partial charge in [-0.3, -0.25) is 0 Å². The number of aromatic nitrogens is 2. The molecule has 4 heteroatoms. The van der Waals surface area contributed by atoms with E-state index in [-0.39, 0.29) is 0 Å². The molecule has 1 aromatic heterocycles. The molecule has 1 saturated heterocycles. The van der Waals surface area contributed by atoms with Crippen LogP contribution in [0, 0.1) is 6.92 Å². The van der Waals surface area contributed by atoms with Gasteiger partial charge in [-0.1, -0.05) is 13.3 Å². The standard InChI is InChI=1S/C14H26N4/c1-3-4-7-18-8-5-13(6-9-18)16-11-14-10-15-12(2)17-14/h10,13,16H,3-9,11H2,1-2H3,(H,15,17). The maximum Gasteiger partial charge on any atom is 0.103 e. The second kappa shape index (κ2) is 6.90. The van der Waals surface area contributed by atoms with Gasteiger partial charge in [0.05, 0.1) is 0 Å². The van der Waals surface area contributed by atoms with Crippen LogP contribution in [0.2, 0.25) is 0 Å². The highest BCUT2D eigenvalue weighted by molar-refractivity contribution is 4.99. The first-order chi connectivity index (χ1) is 8.78. The Bertz CT molecular complexity index is 339. The molecule has 0 spiro atoms. The van der Waals surface area contributed by atoms with Gasteiger partial charge in [0.25, 0.3) is 0 Å². The van der Waals surface area contributed by atoms with Crippen LogP contribution in [-0.2, 0) is 6.54 Å². The Hall–Kier alpha value is -0.870. The van der Waals surface area contributed by atoms with E-state index < -0.39 is 0 Å². The number of piperidine rings is 1. The number of nitrogens with one attached hydrogen (secondary N) is 2. The summed E-state index contributed by atoms with van der Waals surface area (Å²) in [4.78, 5) is 10.1. The molecule has 102 valence electrons. The van der Waals surface area contributed by atoms with E-state index in [1.165, 1.54) is 51.0 Å². The van der Waals surface area contributed by atoms with Gasteiger partial charge in [-0.25, -0.2) is 4.98 Å². The zero-order valence-corrected chi connectivity index (χ0v) is 11.7. The monoisotopic (exact) mass is 250 g/mol. The summed E-state index contributed by atoms with van der Waals surface area (Å²) < 4.78 is 0. The van der Waals surface area contributed by atoms with Crippen molar-refractivity contribution >= 4 is 0 Å². The highest BCUT2D eigenvalue weighted by atomic mass is 15.1. The van der Waals surface area contributed by atoms with E-state index in [0.29, 0.717) is 6.04 Å². The normalized spacial score (nSPS) is 18.3. The molecule has 0 bridgehead atoms. The lowest BCUT2D eigenvalue weighted by atomic mass is 10.0. The summed E-state index contributed by atoms with van der Waals surface area (Å²) in [5, 5.41) is 3.63. The summed E-state index contributed by atoms with van der Waals surface area (Å²) in [7, 11) is 0. The van der Waals surface area contributed by atoms with E-state index in [0.717, 1.165) is 12.4 Å². The number of hydrogen-bond acceptors (Lipinski definition) is 3. The van der Waals surface area contributed by atoms with E-state index >= 15 is 0 Å². The van der Waals surface area contributed by atoms with Crippen LogP contribution in [0.5, 0.6) is 0 Å². The van der Waals surface area contributed by atoms with Crippen LogP contribution in [0.15, 0.2) is 6.20 Å². The molecular formula is C14H26N4. The minimum atomic E-state index is 0.673. The number of nitrogens with zero attached hydrogens (tertiary/aromatic N) is 2. The third kappa shape index (κ3) is 4.10.